The highest BCUT2D eigenvalue weighted by Gasteiger charge is 2.30. The van der Waals surface area contributed by atoms with Gasteiger partial charge in [-0.25, -0.2) is 4.39 Å². The minimum absolute atomic E-state index is 0.0447. The average Bonchev–Trinajstić information content (AvgIpc) is 3.04. The number of ether oxygens (including phenoxy) is 1. The topological polar surface area (TPSA) is 62.2 Å². The largest absolute Gasteiger partial charge is 0.494 e. The molecule has 2 N–H and O–H groups in total. The first-order valence-corrected chi connectivity index (χ1v) is 9.53. The lowest BCUT2D eigenvalue weighted by Crippen LogP contribution is -2.43. The predicted molar refractivity (Wildman–Crippen MR) is 105 cm³/mol. The molecule has 0 fully saturated rings. The number of hydrogen-bond acceptors (Lipinski definition) is 4. The summed E-state index contributed by atoms with van der Waals surface area (Å²) in [5.41, 5.74) is 0.939. The Morgan fingerprint density at radius 2 is 2.00 bits per heavy atom. The van der Waals surface area contributed by atoms with Gasteiger partial charge in [0.2, 0.25) is 0 Å². The van der Waals surface area contributed by atoms with Gasteiger partial charge in [0.15, 0.2) is 0 Å². The highest BCUT2D eigenvalue weighted by Crippen LogP contribution is 2.36. The van der Waals surface area contributed by atoms with Crippen molar-refractivity contribution in [3.05, 3.63) is 40.3 Å². The summed E-state index contributed by atoms with van der Waals surface area (Å²) in [6.07, 6.45) is 0.843. The fraction of sp³-hybridized carbons (Fsp3) is 0.400. The van der Waals surface area contributed by atoms with Gasteiger partial charge in [-0.3, -0.25) is 10.2 Å². The Hall–Kier alpha value is -2.21. The van der Waals surface area contributed by atoms with Crippen molar-refractivity contribution in [1.82, 2.24) is 5.32 Å². The number of nitrogens with one attached hydrogen (secondary N) is 2. The first kappa shape index (κ1) is 20.1. The Labute approximate surface area is 157 Å². The molecule has 140 valence electrons. The van der Waals surface area contributed by atoms with Crippen molar-refractivity contribution in [2.24, 2.45) is 0 Å². The standard InChI is InChI=1S/C20H25FN2O2S/c1-5-19(22)23-20(4,11-13(3)24)18-9-15(12-26-18)14-7-16(21)10-17(8-14)25-6-2/h7-10,12H,5-6,11H2,1-4H3,(H2,22,23)/t20-/m0/s1. The maximum Gasteiger partial charge on any atom is 0.132 e. The molecule has 0 bridgehead atoms. The Bertz CT molecular complexity index is 803. The molecule has 2 aromatic rings. The number of thiophene rings is 1. The molecule has 1 aromatic carbocycles. The number of hydrogen-bond donors (Lipinski definition) is 2. The van der Waals surface area contributed by atoms with Gasteiger partial charge in [-0.05, 0) is 55.5 Å². The lowest BCUT2D eigenvalue weighted by atomic mass is 9.92. The van der Waals surface area contributed by atoms with Gasteiger partial charge in [-0.15, -0.1) is 11.3 Å². The third-order valence-corrected chi connectivity index (χ3v) is 5.24. The van der Waals surface area contributed by atoms with E-state index in [0.29, 0.717) is 24.6 Å². The van der Waals surface area contributed by atoms with E-state index < -0.39 is 5.54 Å². The molecule has 6 heteroatoms. The van der Waals surface area contributed by atoms with Crippen LogP contribution in [0.3, 0.4) is 0 Å². The molecule has 1 heterocycles. The van der Waals surface area contributed by atoms with Crippen LogP contribution in [0, 0.1) is 11.2 Å². The lowest BCUT2D eigenvalue weighted by molar-refractivity contribution is -0.118. The first-order valence-electron chi connectivity index (χ1n) is 8.65. The second-order valence-corrected chi connectivity index (χ2v) is 7.39. The monoisotopic (exact) mass is 376 g/mol. The van der Waals surface area contributed by atoms with Crippen molar-refractivity contribution in [2.75, 3.05) is 6.61 Å². The Kier molecular flexibility index (Phi) is 6.53. The molecule has 0 aliphatic carbocycles. The van der Waals surface area contributed by atoms with Gasteiger partial charge in [0, 0.05) is 23.8 Å². The number of rotatable bonds is 8. The molecule has 0 aliphatic rings. The molecule has 1 atom stereocenters. The molecule has 0 aliphatic heterocycles. The lowest BCUT2D eigenvalue weighted by Gasteiger charge is -2.30. The summed E-state index contributed by atoms with van der Waals surface area (Å²) in [7, 11) is 0. The summed E-state index contributed by atoms with van der Waals surface area (Å²) in [6.45, 7) is 7.69. The SMILES string of the molecule is CCOc1cc(F)cc(-c2csc([C@](C)(CC(C)=O)NC(=N)CC)c2)c1. The zero-order valence-corrected chi connectivity index (χ0v) is 16.4. The average molecular weight is 376 g/mol. The van der Waals surface area contributed by atoms with Crippen LogP contribution in [0.2, 0.25) is 0 Å². The molecular weight excluding hydrogens is 351 g/mol. The highest BCUT2D eigenvalue weighted by atomic mass is 32.1. The van der Waals surface area contributed by atoms with E-state index in [9.17, 15) is 9.18 Å². The molecule has 0 amide bonds. The molecule has 4 nitrogen and oxygen atoms in total. The van der Waals surface area contributed by atoms with Crippen LogP contribution < -0.4 is 10.1 Å². The number of ketones is 1. The van der Waals surface area contributed by atoms with Crippen molar-refractivity contribution in [3.8, 4) is 16.9 Å². The van der Waals surface area contributed by atoms with E-state index in [1.54, 1.807) is 6.92 Å². The third-order valence-electron chi connectivity index (χ3n) is 4.04. The number of carbonyl (C=O) groups is 1. The Morgan fingerprint density at radius 3 is 2.62 bits per heavy atom. The van der Waals surface area contributed by atoms with Crippen LogP contribution in [0.25, 0.3) is 11.1 Å². The zero-order valence-electron chi connectivity index (χ0n) is 15.6. The maximum absolute atomic E-state index is 13.9. The normalized spacial score (nSPS) is 13.1. The smallest absolute Gasteiger partial charge is 0.132 e. The van der Waals surface area contributed by atoms with Crippen LogP contribution in [0.1, 0.15) is 45.4 Å². The summed E-state index contributed by atoms with van der Waals surface area (Å²) in [5.74, 6) is 0.569. The molecule has 0 spiro atoms. The molecule has 0 radical (unpaired) electrons. The molecule has 0 saturated heterocycles. The van der Waals surface area contributed by atoms with Crippen LogP contribution in [0.5, 0.6) is 5.75 Å². The predicted octanol–water partition coefficient (Wildman–Crippen LogP) is 5.12. The van der Waals surface area contributed by atoms with Crippen LogP contribution >= 0.6 is 11.3 Å². The van der Waals surface area contributed by atoms with Crippen molar-refractivity contribution in [2.45, 2.75) is 46.1 Å². The quantitative estimate of drug-likeness (QED) is 0.496. The number of halogens is 1. The number of amidine groups is 1. The fourth-order valence-corrected chi connectivity index (χ4v) is 3.90. The van der Waals surface area contributed by atoms with E-state index >= 15 is 0 Å². The van der Waals surface area contributed by atoms with Crippen LogP contribution in [-0.4, -0.2) is 18.2 Å². The summed E-state index contributed by atoms with van der Waals surface area (Å²) in [4.78, 5) is 12.7. The minimum atomic E-state index is -0.655. The van der Waals surface area contributed by atoms with Gasteiger partial charge in [-0.1, -0.05) is 6.92 Å². The summed E-state index contributed by atoms with van der Waals surface area (Å²) in [5, 5.41) is 13.1. The van der Waals surface area contributed by atoms with E-state index in [0.717, 1.165) is 16.0 Å². The Morgan fingerprint density at radius 1 is 1.27 bits per heavy atom. The van der Waals surface area contributed by atoms with Crippen molar-refractivity contribution < 1.29 is 13.9 Å². The first-order chi connectivity index (χ1) is 12.3. The van der Waals surface area contributed by atoms with Gasteiger partial charge < -0.3 is 10.1 Å². The number of Topliss-reactive ketones (excluding diaryl/α,β-unsaturated/α-hetero) is 1. The minimum Gasteiger partial charge on any atom is -0.494 e. The molecule has 26 heavy (non-hydrogen) atoms. The van der Waals surface area contributed by atoms with Crippen LogP contribution in [-0.2, 0) is 10.3 Å². The van der Waals surface area contributed by atoms with Gasteiger partial charge in [0.1, 0.15) is 17.3 Å². The summed E-state index contributed by atoms with van der Waals surface area (Å²) in [6, 6.07) is 6.60. The molecule has 0 unspecified atom stereocenters. The maximum atomic E-state index is 13.9. The zero-order chi connectivity index (χ0) is 19.3. The van der Waals surface area contributed by atoms with Gasteiger partial charge in [0.05, 0.1) is 18.0 Å². The third kappa shape index (κ3) is 4.91. The van der Waals surface area contributed by atoms with Crippen molar-refractivity contribution in [1.29, 1.82) is 5.41 Å². The summed E-state index contributed by atoms with van der Waals surface area (Å²) >= 11 is 1.50. The van der Waals surface area contributed by atoms with E-state index in [2.05, 4.69) is 5.32 Å². The van der Waals surface area contributed by atoms with E-state index in [-0.39, 0.29) is 18.0 Å². The van der Waals surface area contributed by atoms with Crippen LogP contribution in [0.15, 0.2) is 29.6 Å². The summed E-state index contributed by atoms with van der Waals surface area (Å²) < 4.78 is 19.3. The highest BCUT2D eigenvalue weighted by molar-refractivity contribution is 7.10. The second-order valence-electron chi connectivity index (χ2n) is 6.48. The Balaban J connectivity index is 2.39. The van der Waals surface area contributed by atoms with E-state index in [1.165, 1.54) is 23.5 Å². The van der Waals surface area contributed by atoms with Gasteiger partial charge >= 0.3 is 0 Å². The fourth-order valence-electron chi connectivity index (χ4n) is 2.87. The number of carbonyl (C=O) groups excluding carboxylic acids is 1. The molecule has 2 rings (SSSR count). The van der Waals surface area contributed by atoms with Crippen molar-refractivity contribution in [3.63, 3.8) is 0 Å². The van der Waals surface area contributed by atoms with Crippen molar-refractivity contribution >= 4 is 23.0 Å². The molecular formula is C20H25FN2O2S. The van der Waals surface area contributed by atoms with Gasteiger partial charge in [-0.2, -0.15) is 0 Å². The van der Waals surface area contributed by atoms with E-state index in [1.807, 2.05) is 38.3 Å². The second kappa shape index (κ2) is 8.45. The van der Waals surface area contributed by atoms with Gasteiger partial charge in [0.25, 0.3) is 0 Å². The van der Waals surface area contributed by atoms with E-state index in [4.69, 9.17) is 10.1 Å². The molecule has 1 aromatic heterocycles. The number of benzene rings is 1. The molecule has 0 saturated carbocycles. The van der Waals surface area contributed by atoms with Crippen LogP contribution in [0.4, 0.5) is 4.39 Å².